The van der Waals surface area contributed by atoms with Crippen LogP contribution in [0.3, 0.4) is 0 Å². The highest BCUT2D eigenvalue weighted by molar-refractivity contribution is 7.99. The molecular formula is C13H14ClNO2S. The van der Waals surface area contributed by atoms with Crippen molar-refractivity contribution in [2.75, 3.05) is 23.0 Å². The van der Waals surface area contributed by atoms with Crippen LogP contribution in [0.25, 0.3) is 0 Å². The van der Waals surface area contributed by atoms with Crippen LogP contribution in [0.5, 0.6) is 0 Å². The number of aliphatic hydroxyl groups is 1. The van der Waals surface area contributed by atoms with E-state index in [1.165, 1.54) is 0 Å². The molecule has 0 spiro atoms. The molecule has 1 amide bonds. The number of carbonyl (C=O) groups excluding carboxylic acids is 1. The van der Waals surface area contributed by atoms with E-state index in [9.17, 15) is 9.90 Å². The average Bonchev–Trinajstić information content (AvgIpc) is 2.96. The van der Waals surface area contributed by atoms with Gasteiger partial charge in [0.25, 0.3) is 5.91 Å². The van der Waals surface area contributed by atoms with Gasteiger partial charge in [0.1, 0.15) is 0 Å². The van der Waals surface area contributed by atoms with Gasteiger partial charge in [-0.2, -0.15) is 11.8 Å². The molecule has 2 aliphatic rings. The van der Waals surface area contributed by atoms with Crippen molar-refractivity contribution in [3.05, 3.63) is 28.8 Å². The minimum atomic E-state index is -1.19. The fraction of sp³-hybridized carbons (Fsp3) is 0.462. The van der Waals surface area contributed by atoms with Gasteiger partial charge < -0.3 is 10.0 Å². The van der Waals surface area contributed by atoms with E-state index in [-0.39, 0.29) is 5.91 Å². The Kier molecular flexibility index (Phi) is 3.04. The number of rotatable bonds is 1. The van der Waals surface area contributed by atoms with Gasteiger partial charge in [-0.3, -0.25) is 4.79 Å². The third-order valence-electron chi connectivity index (χ3n) is 3.61. The summed E-state index contributed by atoms with van der Waals surface area (Å²) in [5.74, 6) is 1.17. The minimum Gasteiger partial charge on any atom is -0.379 e. The molecule has 0 radical (unpaired) electrons. The summed E-state index contributed by atoms with van der Waals surface area (Å²) < 4.78 is 0. The van der Waals surface area contributed by atoms with Gasteiger partial charge >= 0.3 is 0 Å². The van der Waals surface area contributed by atoms with Crippen LogP contribution in [-0.2, 0) is 11.2 Å². The van der Waals surface area contributed by atoms with Crippen molar-refractivity contribution in [1.29, 1.82) is 0 Å². The predicted octanol–water partition coefficient (Wildman–Crippen LogP) is 2.10. The van der Waals surface area contributed by atoms with Crippen molar-refractivity contribution >= 4 is 35.0 Å². The number of benzene rings is 1. The molecule has 1 N–H and O–H groups in total. The topological polar surface area (TPSA) is 40.5 Å². The van der Waals surface area contributed by atoms with Gasteiger partial charge in [0.05, 0.1) is 0 Å². The summed E-state index contributed by atoms with van der Waals surface area (Å²) >= 11 is 7.76. The highest BCUT2D eigenvalue weighted by atomic mass is 35.5. The van der Waals surface area contributed by atoms with Gasteiger partial charge in [-0.25, -0.2) is 0 Å². The first-order chi connectivity index (χ1) is 8.62. The van der Waals surface area contributed by atoms with Crippen molar-refractivity contribution in [3.8, 4) is 0 Å². The number of carbonyl (C=O) groups is 1. The fourth-order valence-electron chi connectivity index (χ4n) is 2.58. The van der Waals surface area contributed by atoms with Gasteiger partial charge in [-0.05, 0) is 36.3 Å². The summed E-state index contributed by atoms with van der Waals surface area (Å²) in [6.07, 6.45) is 1.31. The summed E-state index contributed by atoms with van der Waals surface area (Å²) in [4.78, 5) is 14.2. The Bertz CT molecular complexity index is 500. The molecule has 0 aliphatic carbocycles. The van der Waals surface area contributed by atoms with Gasteiger partial charge in [0, 0.05) is 23.0 Å². The average molecular weight is 284 g/mol. The molecule has 0 bridgehead atoms. The maximum absolute atomic E-state index is 12.5. The molecule has 3 nitrogen and oxygen atoms in total. The zero-order valence-corrected chi connectivity index (χ0v) is 11.4. The summed E-state index contributed by atoms with van der Waals surface area (Å²) in [5.41, 5.74) is 0.689. The van der Waals surface area contributed by atoms with Crippen LogP contribution in [-0.4, -0.2) is 34.7 Å². The van der Waals surface area contributed by atoms with E-state index in [4.69, 9.17) is 11.6 Å². The number of hydrogen-bond donors (Lipinski definition) is 1. The molecule has 0 saturated carbocycles. The minimum absolute atomic E-state index is 0.173. The molecule has 1 fully saturated rings. The van der Waals surface area contributed by atoms with Crippen LogP contribution in [0.15, 0.2) is 18.2 Å². The number of halogens is 1. The van der Waals surface area contributed by atoms with E-state index in [2.05, 4.69) is 0 Å². The predicted molar refractivity (Wildman–Crippen MR) is 74.4 cm³/mol. The second kappa shape index (κ2) is 4.44. The lowest BCUT2D eigenvalue weighted by molar-refractivity contribution is -0.134. The largest absolute Gasteiger partial charge is 0.379 e. The third-order valence-corrected chi connectivity index (χ3v) is 5.14. The normalized spacial score (nSPS) is 26.4. The van der Waals surface area contributed by atoms with E-state index in [0.29, 0.717) is 23.7 Å². The van der Waals surface area contributed by atoms with E-state index >= 15 is 0 Å². The zero-order chi connectivity index (χ0) is 12.8. The van der Waals surface area contributed by atoms with Crippen LogP contribution in [0, 0.1) is 0 Å². The molecule has 1 saturated heterocycles. The van der Waals surface area contributed by atoms with Crippen molar-refractivity contribution in [1.82, 2.24) is 0 Å². The van der Waals surface area contributed by atoms with Crippen LogP contribution >= 0.6 is 23.4 Å². The van der Waals surface area contributed by atoms with Crippen molar-refractivity contribution in [3.63, 3.8) is 0 Å². The molecule has 1 aromatic carbocycles. The van der Waals surface area contributed by atoms with Crippen LogP contribution in [0.2, 0.25) is 5.02 Å². The quantitative estimate of drug-likeness (QED) is 0.858. The number of nitrogens with zero attached hydrogens (tertiary/aromatic N) is 1. The van der Waals surface area contributed by atoms with E-state index in [1.807, 2.05) is 18.2 Å². The molecule has 96 valence electrons. The summed E-state index contributed by atoms with van der Waals surface area (Å²) in [6.45, 7) is 0.616. The van der Waals surface area contributed by atoms with Crippen LogP contribution in [0.1, 0.15) is 12.0 Å². The first kappa shape index (κ1) is 12.3. The van der Waals surface area contributed by atoms with Crippen molar-refractivity contribution in [2.45, 2.75) is 18.4 Å². The Morgan fingerprint density at radius 3 is 3.06 bits per heavy atom. The Morgan fingerprint density at radius 1 is 1.50 bits per heavy atom. The van der Waals surface area contributed by atoms with Crippen LogP contribution < -0.4 is 4.90 Å². The zero-order valence-electron chi connectivity index (χ0n) is 9.86. The number of amides is 1. The Balaban J connectivity index is 1.93. The Morgan fingerprint density at radius 2 is 2.33 bits per heavy atom. The third kappa shape index (κ3) is 1.83. The van der Waals surface area contributed by atoms with Gasteiger partial charge in [-0.15, -0.1) is 0 Å². The van der Waals surface area contributed by atoms with Crippen molar-refractivity contribution in [2.24, 2.45) is 0 Å². The Labute approximate surface area is 115 Å². The standard InChI is InChI=1S/C13H14ClNO2S/c14-10-2-1-3-11-9(10)4-6-15(11)12(16)13(17)5-7-18-8-13/h1-3,17H,4-8H2. The van der Waals surface area contributed by atoms with Gasteiger partial charge in [-0.1, -0.05) is 17.7 Å². The SMILES string of the molecule is O=C(N1CCc2c(Cl)cccc21)C1(O)CCSC1. The number of anilines is 1. The maximum Gasteiger partial charge on any atom is 0.259 e. The second-order valence-corrected chi connectivity index (χ2v) is 6.29. The number of thioether (sulfide) groups is 1. The first-order valence-electron chi connectivity index (χ1n) is 6.01. The highest BCUT2D eigenvalue weighted by Gasteiger charge is 2.44. The van der Waals surface area contributed by atoms with Crippen LogP contribution in [0.4, 0.5) is 5.69 Å². The second-order valence-electron chi connectivity index (χ2n) is 4.78. The molecular weight excluding hydrogens is 270 g/mol. The van der Waals surface area contributed by atoms with E-state index in [1.54, 1.807) is 16.7 Å². The smallest absolute Gasteiger partial charge is 0.259 e. The molecule has 0 aromatic heterocycles. The fourth-order valence-corrected chi connectivity index (χ4v) is 4.07. The molecule has 5 heteroatoms. The van der Waals surface area contributed by atoms with E-state index < -0.39 is 5.60 Å². The molecule has 1 atom stereocenters. The molecule has 3 rings (SSSR count). The lowest BCUT2D eigenvalue weighted by Crippen LogP contribution is -2.48. The maximum atomic E-state index is 12.5. The molecule has 1 unspecified atom stereocenters. The molecule has 18 heavy (non-hydrogen) atoms. The van der Waals surface area contributed by atoms with Crippen molar-refractivity contribution < 1.29 is 9.90 Å². The highest BCUT2D eigenvalue weighted by Crippen LogP contribution is 2.37. The number of hydrogen-bond acceptors (Lipinski definition) is 3. The number of fused-ring (bicyclic) bond motifs is 1. The summed E-state index contributed by atoms with van der Waals surface area (Å²) in [5, 5.41) is 11.1. The Hall–Kier alpha value is -0.710. The van der Waals surface area contributed by atoms with Gasteiger partial charge in [0.2, 0.25) is 0 Å². The molecule has 2 aliphatic heterocycles. The lowest BCUT2D eigenvalue weighted by Gasteiger charge is -2.27. The van der Waals surface area contributed by atoms with E-state index in [0.717, 1.165) is 23.4 Å². The summed E-state index contributed by atoms with van der Waals surface area (Å²) in [6, 6.07) is 5.59. The summed E-state index contributed by atoms with van der Waals surface area (Å²) in [7, 11) is 0. The first-order valence-corrected chi connectivity index (χ1v) is 7.54. The van der Waals surface area contributed by atoms with Gasteiger partial charge in [0.15, 0.2) is 5.60 Å². The molecule has 1 aromatic rings. The lowest BCUT2D eigenvalue weighted by atomic mass is 10.0. The molecule has 2 heterocycles. The monoisotopic (exact) mass is 283 g/mol.